The number of hydrogen-bond acceptors (Lipinski definition) is 4. The first-order chi connectivity index (χ1) is 9.19. The van der Waals surface area contributed by atoms with E-state index in [1.165, 1.54) is 11.3 Å². The van der Waals surface area contributed by atoms with E-state index in [-0.39, 0.29) is 5.78 Å². The number of fused-ring (bicyclic) bond motifs is 1. The number of thiazole rings is 1. The number of methoxy groups -OCH3 is 1. The van der Waals surface area contributed by atoms with E-state index < -0.39 is 0 Å². The molecule has 0 aliphatic heterocycles. The Balaban J connectivity index is 2.03. The Morgan fingerprint density at radius 2 is 2.16 bits per heavy atom. The molecule has 0 unspecified atom stereocenters. The fraction of sp³-hybridized carbons (Fsp3) is 0.333. The maximum atomic E-state index is 11.8. The summed E-state index contributed by atoms with van der Waals surface area (Å²) in [5, 5.41) is 0.936. The highest BCUT2D eigenvalue weighted by molar-refractivity contribution is 7.17. The van der Waals surface area contributed by atoms with Crippen LogP contribution in [0.25, 0.3) is 10.6 Å². The summed E-state index contributed by atoms with van der Waals surface area (Å²) in [6.07, 6.45) is 2.51. The summed E-state index contributed by atoms with van der Waals surface area (Å²) in [7, 11) is 1.67. The maximum absolute atomic E-state index is 11.8. The van der Waals surface area contributed by atoms with Crippen LogP contribution in [0, 0.1) is 6.92 Å². The van der Waals surface area contributed by atoms with Crippen molar-refractivity contribution in [1.82, 2.24) is 4.98 Å². The van der Waals surface area contributed by atoms with Crippen LogP contribution in [0.2, 0.25) is 0 Å². The van der Waals surface area contributed by atoms with E-state index in [9.17, 15) is 4.79 Å². The van der Waals surface area contributed by atoms with Gasteiger partial charge in [0.15, 0.2) is 5.78 Å². The summed E-state index contributed by atoms with van der Waals surface area (Å²) in [5.74, 6) is 1.12. The zero-order valence-corrected chi connectivity index (χ0v) is 11.8. The molecule has 0 saturated carbocycles. The second-order valence-electron chi connectivity index (χ2n) is 4.76. The molecule has 1 aliphatic rings. The van der Waals surface area contributed by atoms with Gasteiger partial charge in [-0.2, -0.15) is 0 Å². The topological polar surface area (TPSA) is 39.2 Å². The summed E-state index contributed by atoms with van der Waals surface area (Å²) < 4.78 is 5.26. The summed E-state index contributed by atoms with van der Waals surface area (Å²) in [4.78, 5) is 17.3. The van der Waals surface area contributed by atoms with Crippen molar-refractivity contribution < 1.29 is 9.53 Å². The van der Waals surface area contributed by atoms with Gasteiger partial charge in [-0.05, 0) is 43.5 Å². The van der Waals surface area contributed by atoms with Crippen LogP contribution in [0.4, 0.5) is 0 Å². The van der Waals surface area contributed by atoms with E-state index in [4.69, 9.17) is 4.74 Å². The molecule has 3 rings (SSSR count). The van der Waals surface area contributed by atoms with Gasteiger partial charge < -0.3 is 4.74 Å². The zero-order chi connectivity index (χ0) is 13.4. The lowest BCUT2D eigenvalue weighted by atomic mass is 10.0. The van der Waals surface area contributed by atoms with Crippen LogP contribution in [0.5, 0.6) is 5.75 Å². The molecule has 0 bridgehead atoms. The second kappa shape index (κ2) is 4.78. The molecule has 1 aromatic carbocycles. The minimum Gasteiger partial charge on any atom is -0.496 e. The van der Waals surface area contributed by atoms with Gasteiger partial charge in [0.25, 0.3) is 0 Å². The number of Topliss-reactive ketones (excluding diaryl/α,β-unsaturated/α-hetero) is 1. The summed E-state index contributed by atoms with van der Waals surface area (Å²) >= 11 is 1.52. The first kappa shape index (κ1) is 12.4. The third-order valence-corrected chi connectivity index (χ3v) is 4.60. The number of hydrogen-bond donors (Lipinski definition) is 0. The summed E-state index contributed by atoms with van der Waals surface area (Å²) in [6, 6.07) is 6.01. The van der Waals surface area contributed by atoms with Crippen molar-refractivity contribution in [1.29, 1.82) is 0 Å². The van der Waals surface area contributed by atoms with Crippen molar-refractivity contribution in [2.24, 2.45) is 0 Å². The quantitative estimate of drug-likeness (QED) is 0.838. The van der Waals surface area contributed by atoms with Crippen molar-refractivity contribution in [3.8, 4) is 16.3 Å². The van der Waals surface area contributed by atoms with E-state index >= 15 is 0 Å². The van der Waals surface area contributed by atoms with Gasteiger partial charge in [-0.1, -0.05) is 0 Å². The molecular formula is C15H15NO2S. The molecule has 0 radical (unpaired) electrons. The van der Waals surface area contributed by atoms with E-state index in [1.54, 1.807) is 7.11 Å². The van der Waals surface area contributed by atoms with Crippen LogP contribution in [-0.4, -0.2) is 17.9 Å². The Hall–Kier alpha value is -1.68. The molecule has 19 heavy (non-hydrogen) atoms. The molecule has 0 N–H and O–H groups in total. The minimum atomic E-state index is 0.246. The standard InChI is InChI=1S/C15H15NO2S/c1-9-8-10(6-7-13(9)18-2)15-16-11-4-3-5-12(17)14(11)19-15/h6-8H,3-5H2,1-2H3. The van der Waals surface area contributed by atoms with Gasteiger partial charge in [-0.3, -0.25) is 4.79 Å². The number of ketones is 1. The highest BCUT2D eigenvalue weighted by Crippen LogP contribution is 2.34. The molecule has 0 fully saturated rings. The molecule has 1 aliphatic carbocycles. The van der Waals surface area contributed by atoms with Gasteiger partial charge in [0.05, 0.1) is 17.7 Å². The van der Waals surface area contributed by atoms with E-state index in [0.717, 1.165) is 45.3 Å². The molecule has 3 nitrogen and oxygen atoms in total. The number of aryl methyl sites for hydroxylation is 2. The Labute approximate surface area is 116 Å². The van der Waals surface area contributed by atoms with Crippen molar-refractivity contribution in [3.05, 3.63) is 34.3 Å². The SMILES string of the molecule is COc1ccc(-c2nc3c(s2)C(=O)CCC3)cc1C. The number of ether oxygens (including phenoxy) is 1. The van der Waals surface area contributed by atoms with E-state index in [1.807, 2.05) is 19.1 Å². The maximum Gasteiger partial charge on any atom is 0.174 e. The Morgan fingerprint density at radius 1 is 1.32 bits per heavy atom. The fourth-order valence-electron chi connectivity index (χ4n) is 2.40. The number of nitrogens with zero attached hydrogens (tertiary/aromatic N) is 1. The van der Waals surface area contributed by atoms with Crippen molar-refractivity contribution in [3.63, 3.8) is 0 Å². The third-order valence-electron chi connectivity index (χ3n) is 3.41. The zero-order valence-electron chi connectivity index (χ0n) is 11.0. The second-order valence-corrected chi connectivity index (χ2v) is 5.76. The summed E-state index contributed by atoms with van der Waals surface area (Å²) in [6.45, 7) is 2.01. The average molecular weight is 273 g/mol. The first-order valence-electron chi connectivity index (χ1n) is 6.37. The lowest BCUT2D eigenvalue weighted by Gasteiger charge is -2.06. The van der Waals surface area contributed by atoms with Crippen LogP contribution in [-0.2, 0) is 6.42 Å². The Morgan fingerprint density at radius 3 is 2.84 bits per heavy atom. The predicted octanol–water partition coefficient (Wildman–Crippen LogP) is 3.65. The normalized spacial score (nSPS) is 14.3. The van der Waals surface area contributed by atoms with Crippen LogP contribution < -0.4 is 4.74 Å². The van der Waals surface area contributed by atoms with Crippen molar-refractivity contribution >= 4 is 17.1 Å². The number of benzene rings is 1. The highest BCUT2D eigenvalue weighted by atomic mass is 32.1. The molecule has 4 heteroatoms. The monoisotopic (exact) mass is 273 g/mol. The molecule has 98 valence electrons. The van der Waals surface area contributed by atoms with E-state index in [0.29, 0.717) is 6.42 Å². The van der Waals surface area contributed by atoms with Gasteiger partial charge >= 0.3 is 0 Å². The first-order valence-corrected chi connectivity index (χ1v) is 7.18. The number of carbonyl (C=O) groups excluding carboxylic acids is 1. The molecule has 0 saturated heterocycles. The fourth-order valence-corrected chi connectivity index (χ4v) is 3.48. The average Bonchev–Trinajstić information content (AvgIpc) is 2.84. The molecule has 1 heterocycles. The van der Waals surface area contributed by atoms with E-state index in [2.05, 4.69) is 11.1 Å². The number of rotatable bonds is 2. The van der Waals surface area contributed by atoms with Gasteiger partial charge in [-0.15, -0.1) is 11.3 Å². The largest absolute Gasteiger partial charge is 0.496 e. The Kier molecular flexibility index (Phi) is 3.11. The van der Waals surface area contributed by atoms with Gasteiger partial charge in [-0.25, -0.2) is 4.98 Å². The molecule has 1 aromatic heterocycles. The van der Waals surface area contributed by atoms with Crippen LogP contribution in [0.3, 0.4) is 0 Å². The minimum absolute atomic E-state index is 0.246. The van der Waals surface area contributed by atoms with Crippen LogP contribution in [0.1, 0.15) is 33.8 Å². The third kappa shape index (κ3) is 2.16. The lowest BCUT2D eigenvalue weighted by molar-refractivity contribution is 0.0976. The van der Waals surface area contributed by atoms with Crippen molar-refractivity contribution in [2.75, 3.05) is 7.11 Å². The van der Waals surface area contributed by atoms with Crippen LogP contribution in [0.15, 0.2) is 18.2 Å². The lowest BCUT2D eigenvalue weighted by Crippen LogP contribution is -2.07. The van der Waals surface area contributed by atoms with Crippen LogP contribution >= 0.6 is 11.3 Å². The highest BCUT2D eigenvalue weighted by Gasteiger charge is 2.22. The molecular weight excluding hydrogens is 258 g/mol. The number of carbonyl (C=O) groups is 1. The smallest absolute Gasteiger partial charge is 0.174 e. The summed E-state index contributed by atoms with van der Waals surface area (Å²) in [5.41, 5.74) is 3.12. The molecule has 0 amide bonds. The van der Waals surface area contributed by atoms with Gasteiger partial charge in [0.1, 0.15) is 10.8 Å². The molecule has 2 aromatic rings. The predicted molar refractivity (Wildman–Crippen MR) is 76.1 cm³/mol. The van der Waals surface area contributed by atoms with Gasteiger partial charge in [0, 0.05) is 12.0 Å². The van der Waals surface area contributed by atoms with Crippen molar-refractivity contribution in [2.45, 2.75) is 26.2 Å². The number of aromatic nitrogens is 1. The molecule has 0 spiro atoms. The molecule has 0 atom stereocenters. The Bertz CT molecular complexity index is 646. The van der Waals surface area contributed by atoms with Gasteiger partial charge in [0.2, 0.25) is 0 Å².